The summed E-state index contributed by atoms with van der Waals surface area (Å²) < 4.78 is 2.00. The zero-order valence-electron chi connectivity index (χ0n) is 13.7. The molecule has 0 bridgehead atoms. The second-order valence-corrected chi connectivity index (χ2v) is 6.92. The maximum absolute atomic E-state index is 4.67. The molecule has 7 heteroatoms. The molecule has 1 aliphatic heterocycles. The third-order valence-electron chi connectivity index (χ3n) is 4.52. The van der Waals surface area contributed by atoms with E-state index in [0.717, 1.165) is 49.0 Å². The zero-order chi connectivity index (χ0) is 16.4. The third kappa shape index (κ3) is 3.09. The lowest BCUT2D eigenvalue weighted by Crippen LogP contribution is -2.34. The molecule has 1 aliphatic rings. The molecule has 4 rings (SSSR count). The molecule has 0 N–H and O–H groups in total. The van der Waals surface area contributed by atoms with E-state index in [2.05, 4.69) is 30.2 Å². The van der Waals surface area contributed by atoms with Gasteiger partial charge in [-0.25, -0.2) is 15.0 Å². The van der Waals surface area contributed by atoms with E-state index in [-0.39, 0.29) is 0 Å². The highest BCUT2D eigenvalue weighted by Gasteiger charge is 2.26. The van der Waals surface area contributed by atoms with Crippen molar-refractivity contribution >= 4 is 11.3 Å². The van der Waals surface area contributed by atoms with E-state index in [4.69, 9.17) is 0 Å². The van der Waals surface area contributed by atoms with Crippen LogP contribution in [0.5, 0.6) is 0 Å². The van der Waals surface area contributed by atoms with Gasteiger partial charge in [-0.2, -0.15) is 0 Å². The largest absolute Gasteiger partial charge is 0.333 e. The fraction of sp³-hybridized carbons (Fsp3) is 0.412. The molecule has 1 fully saturated rings. The normalized spacial score (nSPS) is 18.8. The Morgan fingerprint density at radius 3 is 2.88 bits per heavy atom. The van der Waals surface area contributed by atoms with E-state index in [1.807, 2.05) is 29.5 Å². The number of rotatable bonds is 4. The standard InChI is InChI=1S/C17H20N6S/c1-22-8-6-20-17(22)16-15(18-4-5-19-16)13-3-2-7-23(9-13)10-14-11-24-12-21-14/h4-6,8,11-13H,2-3,7,9-10H2,1H3. The van der Waals surface area contributed by atoms with E-state index < -0.39 is 0 Å². The van der Waals surface area contributed by atoms with Crippen molar-refractivity contribution in [2.24, 2.45) is 7.05 Å². The van der Waals surface area contributed by atoms with Crippen LogP contribution in [-0.4, -0.2) is 42.5 Å². The van der Waals surface area contributed by atoms with Crippen molar-refractivity contribution in [3.8, 4) is 11.5 Å². The number of nitrogens with zero attached hydrogens (tertiary/aromatic N) is 6. The molecule has 0 spiro atoms. The highest BCUT2D eigenvalue weighted by atomic mass is 32.1. The van der Waals surface area contributed by atoms with Gasteiger partial charge in [-0.1, -0.05) is 0 Å². The van der Waals surface area contributed by atoms with Crippen molar-refractivity contribution < 1.29 is 0 Å². The number of piperidine rings is 1. The molecule has 0 radical (unpaired) electrons. The molecule has 4 heterocycles. The summed E-state index contributed by atoms with van der Waals surface area (Å²) in [6.07, 6.45) is 9.62. The minimum atomic E-state index is 0.387. The lowest BCUT2D eigenvalue weighted by atomic mass is 9.93. The second kappa shape index (κ2) is 6.78. The van der Waals surface area contributed by atoms with Crippen LogP contribution in [0.4, 0.5) is 0 Å². The number of hydrogen-bond donors (Lipinski definition) is 0. The van der Waals surface area contributed by atoms with Crippen LogP contribution in [0.25, 0.3) is 11.5 Å². The van der Waals surface area contributed by atoms with Gasteiger partial charge in [0.05, 0.1) is 16.9 Å². The summed E-state index contributed by atoms with van der Waals surface area (Å²) in [6.45, 7) is 3.03. The Bertz CT molecular complexity index is 797. The highest BCUT2D eigenvalue weighted by molar-refractivity contribution is 7.07. The number of hydrogen-bond acceptors (Lipinski definition) is 6. The molecule has 1 saturated heterocycles. The fourth-order valence-corrected chi connectivity index (χ4v) is 3.93. The first-order valence-corrected chi connectivity index (χ1v) is 9.13. The van der Waals surface area contributed by atoms with E-state index in [9.17, 15) is 0 Å². The smallest absolute Gasteiger partial charge is 0.160 e. The summed E-state index contributed by atoms with van der Waals surface area (Å²) in [5, 5.41) is 2.13. The fourth-order valence-electron chi connectivity index (χ4n) is 3.38. The summed E-state index contributed by atoms with van der Waals surface area (Å²) in [6, 6.07) is 0. The predicted octanol–water partition coefficient (Wildman–Crippen LogP) is 2.71. The Kier molecular flexibility index (Phi) is 4.36. The van der Waals surface area contributed by atoms with Gasteiger partial charge in [-0.15, -0.1) is 11.3 Å². The van der Waals surface area contributed by atoms with Crippen molar-refractivity contribution in [3.05, 3.63) is 47.1 Å². The van der Waals surface area contributed by atoms with E-state index >= 15 is 0 Å². The van der Waals surface area contributed by atoms with Crippen molar-refractivity contribution in [2.45, 2.75) is 25.3 Å². The monoisotopic (exact) mass is 340 g/mol. The first-order valence-electron chi connectivity index (χ1n) is 8.19. The SMILES string of the molecule is Cn1ccnc1-c1nccnc1C1CCCN(Cc2cscn2)C1. The van der Waals surface area contributed by atoms with Gasteiger partial charge in [-0.05, 0) is 19.4 Å². The Hall–Kier alpha value is -2.12. The van der Waals surface area contributed by atoms with Crippen LogP contribution in [0.15, 0.2) is 35.7 Å². The molecule has 0 amide bonds. The second-order valence-electron chi connectivity index (χ2n) is 6.21. The van der Waals surface area contributed by atoms with Crippen LogP contribution < -0.4 is 0 Å². The molecule has 3 aromatic heterocycles. The average Bonchev–Trinajstić information content (AvgIpc) is 3.27. The zero-order valence-corrected chi connectivity index (χ0v) is 14.5. The maximum atomic E-state index is 4.67. The molecule has 1 atom stereocenters. The van der Waals surface area contributed by atoms with Gasteiger partial charge in [0.25, 0.3) is 0 Å². The average molecular weight is 340 g/mol. The number of likely N-dealkylation sites (tertiary alicyclic amines) is 1. The maximum Gasteiger partial charge on any atom is 0.160 e. The van der Waals surface area contributed by atoms with Crippen molar-refractivity contribution in [1.82, 2.24) is 29.4 Å². The summed E-state index contributed by atoms with van der Waals surface area (Å²) in [5.41, 5.74) is 5.03. The first-order chi connectivity index (χ1) is 11.8. The molecule has 0 saturated carbocycles. The van der Waals surface area contributed by atoms with Gasteiger partial charge in [0.2, 0.25) is 0 Å². The molecule has 1 unspecified atom stereocenters. The lowest BCUT2D eigenvalue weighted by Gasteiger charge is -2.32. The van der Waals surface area contributed by atoms with Gasteiger partial charge < -0.3 is 4.57 Å². The van der Waals surface area contributed by atoms with E-state index in [1.54, 1.807) is 23.7 Å². The summed E-state index contributed by atoms with van der Waals surface area (Å²) >= 11 is 1.66. The molecule has 0 aromatic carbocycles. The van der Waals surface area contributed by atoms with Crippen LogP contribution in [-0.2, 0) is 13.6 Å². The topological polar surface area (TPSA) is 59.7 Å². The van der Waals surface area contributed by atoms with Crippen LogP contribution in [0.1, 0.15) is 30.1 Å². The number of aromatic nitrogens is 5. The molecule has 3 aromatic rings. The quantitative estimate of drug-likeness (QED) is 0.731. The van der Waals surface area contributed by atoms with E-state index in [1.165, 1.54) is 6.42 Å². The molecule has 24 heavy (non-hydrogen) atoms. The van der Waals surface area contributed by atoms with Gasteiger partial charge in [-0.3, -0.25) is 9.88 Å². The van der Waals surface area contributed by atoms with Crippen LogP contribution in [0.3, 0.4) is 0 Å². The van der Waals surface area contributed by atoms with Gasteiger partial charge in [0.1, 0.15) is 5.69 Å². The Labute approximate surface area is 145 Å². The summed E-state index contributed by atoms with van der Waals surface area (Å²) in [7, 11) is 2.00. The van der Waals surface area contributed by atoms with Gasteiger partial charge >= 0.3 is 0 Å². The minimum Gasteiger partial charge on any atom is -0.333 e. The molecule has 0 aliphatic carbocycles. The Morgan fingerprint density at radius 2 is 2.08 bits per heavy atom. The van der Waals surface area contributed by atoms with Crippen LogP contribution in [0, 0.1) is 0 Å². The third-order valence-corrected chi connectivity index (χ3v) is 5.16. The lowest BCUT2D eigenvalue weighted by molar-refractivity contribution is 0.197. The number of aryl methyl sites for hydroxylation is 1. The molecular weight excluding hydrogens is 320 g/mol. The van der Waals surface area contributed by atoms with Crippen molar-refractivity contribution in [2.75, 3.05) is 13.1 Å². The Balaban J connectivity index is 1.58. The highest BCUT2D eigenvalue weighted by Crippen LogP contribution is 2.31. The van der Waals surface area contributed by atoms with Crippen molar-refractivity contribution in [3.63, 3.8) is 0 Å². The minimum absolute atomic E-state index is 0.387. The molecule has 6 nitrogen and oxygen atoms in total. The molecular formula is C17H20N6S. The molecule has 124 valence electrons. The Morgan fingerprint density at radius 1 is 1.17 bits per heavy atom. The summed E-state index contributed by atoms with van der Waals surface area (Å²) in [4.78, 5) is 20.6. The van der Waals surface area contributed by atoms with E-state index in [0.29, 0.717) is 5.92 Å². The van der Waals surface area contributed by atoms with Crippen LogP contribution in [0.2, 0.25) is 0 Å². The van der Waals surface area contributed by atoms with Crippen molar-refractivity contribution in [1.29, 1.82) is 0 Å². The van der Waals surface area contributed by atoms with Crippen LogP contribution >= 0.6 is 11.3 Å². The number of thiazole rings is 1. The number of imidazole rings is 1. The predicted molar refractivity (Wildman–Crippen MR) is 93.6 cm³/mol. The summed E-state index contributed by atoms with van der Waals surface area (Å²) in [5.74, 6) is 1.27. The first kappa shape index (κ1) is 15.4. The van der Waals surface area contributed by atoms with Gasteiger partial charge in [0.15, 0.2) is 5.82 Å². The van der Waals surface area contributed by atoms with Gasteiger partial charge in [0, 0.05) is 56.2 Å².